The lowest BCUT2D eigenvalue weighted by molar-refractivity contribution is -0.124. The number of anilines is 3. The van der Waals surface area contributed by atoms with Crippen LogP contribution in [-0.2, 0) is 26.9 Å². The fourth-order valence-corrected chi connectivity index (χ4v) is 5.59. The van der Waals surface area contributed by atoms with Gasteiger partial charge in [0.05, 0.1) is 11.9 Å². The molecule has 1 unspecified atom stereocenters. The number of carbonyl (C=O) groups excluding carboxylic acids is 1. The molecule has 13 heteroatoms. The summed E-state index contributed by atoms with van der Waals surface area (Å²) in [6, 6.07) is 11.7. The Balaban J connectivity index is 1.60. The number of amides is 1. The number of rotatable bonds is 5. The van der Waals surface area contributed by atoms with Gasteiger partial charge in [-0.15, -0.1) is 0 Å². The normalized spacial score (nSPS) is 17.4. The SMILES string of the molecule is CC1(Cc2ccc(-c3cncnc3N)cc2)C(=O)N(c2cc(Cl)cc(Cl)c2)c2ncc(S(=O)(=O)O)n21. The zero-order valence-corrected chi connectivity index (χ0v) is 21.0. The van der Waals surface area contributed by atoms with Crippen LogP contribution in [0.2, 0.25) is 10.0 Å². The summed E-state index contributed by atoms with van der Waals surface area (Å²) in [5.41, 5.74) is 6.94. The fourth-order valence-electron chi connectivity index (χ4n) is 4.37. The molecule has 0 fully saturated rings. The van der Waals surface area contributed by atoms with Gasteiger partial charge in [0.2, 0.25) is 5.95 Å². The third-order valence-electron chi connectivity index (χ3n) is 5.99. The van der Waals surface area contributed by atoms with Gasteiger partial charge in [-0.05, 0) is 36.2 Å². The summed E-state index contributed by atoms with van der Waals surface area (Å²) in [4.78, 5) is 27.2. The maximum Gasteiger partial charge on any atom is 0.312 e. The highest BCUT2D eigenvalue weighted by Crippen LogP contribution is 2.44. The molecule has 2 aromatic heterocycles. The highest BCUT2D eigenvalue weighted by molar-refractivity contribution is 7.85. The van der Waals surface area contributed by atoms with Crippen LogP contribution in [0.4, 0.5) is 17.5 Å². The molecule has 0 radical (unpaired) electrons. The van der Waals surface area contributed by atoms with Crippen LogP contribution in [0.15, 0.2) is 66.2 Å². The number of fused-ring (bicyclic) bond motifs is 1. The Labute approximate surface area is 216 Å². The quantitative estimate of drug-likeness (QED) is 0.357. The number of nitrogen functional groups attached to an aromatic ring is 1. The van der Waals surface area contributed by atoms with Gasteiger partial charge >= 0.3 is 10.1 Å². The molecule has 2 aromatic carbocycles. The van der Waals surface area contributed by atoms with Crippen molar-refractivity contribution in [2.45, 2.75) is 23.9 Å². The van der Waals surface area contributed by atoms with E-state index >= 15 is 0 Å². The number of aromatic nitrogens is 4. The molecule has 0 bridgehead atoms. The third kappa shape index (κ3) is 3.99. The van der Waals surface area contributed by atoms with E-state index in [1.54, 1.807) is 37.4 Å². The second kappa shape index (κ2) is 8.56. The van der Waals surface area contributed by atoms with E-state index in [0.29, 0.717) is 17.1 Å². The van der Waals surface area contributed by atoms with E-state index in [-0.39, 0.29) is 22.4 Å². The maximum absolute atomic E-state index is 13.9. The van der Waals surface area contributed by atoms with Crippen molar-refractivity contribution >= 4 is 56.7 Å². The van der Waals surface area contributed by atoms with Gasteiger partial charge in [-0.25, -0.2) is 19.9 Å². The molecule has 1 aliphatic rings. The van der Waals surface area contributed by atoms with E-state index in [0.717, 1.165) is 17.3 Å². The van der Waals surface area contributed by atoms with Crippen LogP contribution in [0.25, 0.3) is 11.1 Å². The first-order valence-corrected chi connectivity index (χ1v) is 12.7. The van der Waals surface area contributed by atoms with Crippen molar-refractivity contribution in [3.63, 3.8) is 0 Å². The lowest BCUT2D eigenvalue weighted by atomic mass is 9.91. The lowest BCUT2D eigenvalue weighted by Crippen LogP contribution is -2.41. The second-order valence-corrected chi connectivity index (χ2v) is 10.7. The van der Waals surface area contributed by atoms with E-state index in [9.17, 15) is 17.8 Å². The van der Waals surface area contributed by atoms with Gasteiger partial charge in [0.15, 0.2) is 5.03 Å². The van der Waals surface area contributed by atoms with Gasteiger partial charge in [-0.2, -0.15) is 8.42 Å². The Kier molecular flexibility index (Phi) is 5.75. The van der Waals surface area contributed by atoms with Crippen molar-refractivity contribution in [2.24, 2.45) is 0 Å². The Morgan fingerprint density at radius 2 is 1.72 bits per heavy atom. The minimum absolute atomic E-state index is 0.0132. The summed E-state index contributed by atoms with van der Waals surface area (Å²) >= 11 is 12.3. The zero-order chi connectivity index (χ0) is 25.8. The van der Waals surface area contributed by atoms with E-state index in [1.165, 1.54) is 34.0 Å². The van der Waals surface area contributed by atoms with Crippen molar-refractivity contribution in [1.82, 2.24) is 19.5 Å². The highest BCUT2D eigenvalue weighted by atomic mass is 35.5. The van der Waals surface area contributed by atoms with E-state index in [1.807, 2.05) is 0 Å². The van der Waals surface area contributed by atoms with Gasteiger partial charge in [-0.3, -0.25) is 13.9 Å². The largest absolute Gasteiger partial charge is 0.383 e. The predicted octanol–water partition coefficient (Wildman–Crippen LogP) is 4.11. The van der Waals surface area contributed by atoms with Crippen LogP contribution in [0.5, 0.6) is 0 Å². The van der Waals surface area contributed by atoms with E-state index in [4.69, 9.17) is 28.9 Å². The van der Waals surface area contributed by atoms with Crippen molar-refractivity contribution in [3.8, 4) is 11.1 Å². The zero-order valence-electron chi connectivity index (χ0n) is 18.6. The van der Waals surface area contributed by atoms with Gasteiger partial charge in [0.1, 0.15) is 17.7 Å². The molecule has 0 aliphatic carbocycles. The van der Waals surface area contributed by atoms with Gasteiger partial charge in [0.25, 0.3) is 5.91 Å². The van der Waals surface area contributed by atoms with Crippen LogP contribution >= 0.6 is 23.2 Å². The number of carbonyl (C=O) groups is 1. The first-order chi connectivity index (χ1) is 17.0. The first-order valence-electron chi connectivity index (χ1n) is 10.5. The summed E-state index contributed by atoms with van der Waals surface area (Å²) in [5.74, 6) is -0.134. The molecule has 1 atom stereocenters. The first kappa shape index (κ1) is 24.2. The molecule has 1 aliphatic heterocycles. The molecule has 5 rings (SSSR count). The number of benzene rings is 2. The molecule has 36 heavy (non-hydrogen) atoms. The van der Waals surface area contributed by atoms with Crippen LogP contribution in [0, 0.1) is 0 Å². The minimum atomic E-state index is -4.70. The Morgan fingerprint density at radius 3 is 2.33 bits per heavy atom. The molecule has 1 amide bonds. The fraction of sp³-hybridized carbons (Fsp3) is 0.130. The monoisotopic (exact) mass is 544 g/mol. The maximum atomic E-state index is 13.9. The molecular formula is C23H18Cl2N6O4S. The lowest BCUT2D eigenvalue weighted by Gasteiger charge is -2.26. The molecule has 184 valence electrons. The standard InChI is InChI=1S/C23H18Cl2N6O4S/c1-23(9-13-2-4-14(5-3-13)18-10-27-12-29-20(18)26)21(32)30(17-7-15(24)6-16(25)8-17)22-28-11-19(31(22)23)36(33,34)35/h2-8,10-12H,9H2,1H3,(H2,26,27,29)(H,33,34,35). The number of halogens is 2. The summed E-state index contributed by atoms with van der Waals surface area (Å²) in [6.45, 7) is 1.58. The predicted molar refractivity (Wildman–Crippen MR) is 135 cm³/mol. The van der Waals surface area contributed by atoms with Crippen molar-refractivity contribution < 1.29 is 17.8 Å². The average Bonchev–Trinajstić information content (AvgIpc) is 3.33. The van der Waals surface area contributed by atoms with Crippen molar-refractivity contribution in [3.05, 3.63) is 76.8 Å². The summed E-state index contributed by atoms with van der Waals surface area (Å²) < 4.78 is 35.5. The van der Waals surface area contributed by atoms with Crippen molar-refractivity contribution in [1.29, 1.82) is 0 Å². The van der Waals surface area contributed by atoms with Crippen LogP contribution in [0.1, 0.15) is 12.5 Å². The topological polar surface area (TPSA) is 144 Å². The number of nitrogens with two attached hydrogens (primary N) is 1. The minimum Gasteiger partial charge on any atom is -0.383 e. The van der Waals surface area contributed by atoms with Gasteiger partial charge < -0.3 is 5.73 Å². The number of imidazole rings is 1. The number of nitrogens with zero attached hydrogens (tertiary/aromatic N) is 5. The Hall–Kier alpha value is -3.51. The smallest absolute Gasteiger partial charge is 0.312 e. The molecule has 0 spiro atoms. The van der Waals surface area contributed by atoms with Crippen LogP contribution in [-0.4, -0.2) is 38.4 Å². The number of hydrogen-bond acceptors (Lipinski definition) is 7. The molecule has 4 aromatic rings. The summed E-state index contributed by atoms with van der Waals surface area (Å²) in [7, 11) is -4.70. The Morgan fingerprint density at radius 1 is 1.06 bits per heavy atom. The van der Waals surface area contributed by atoms with E-state index < -0.39 is 26.6 Å². The van der Waals surface area contributed by atoms with Crippen LogP contribution in [0.3, 0.4) is 0 Å². The van der Waals surface area contributed by atoms with Gasteiger partial charge in [0, 0.05) is 28.2 Å². The molecule has 3 heterocycles. The molecule has 0 saturated carbocycles. The second-order valence-electron chi connectivity index (χ2n) is 8.44. The molecular weight excluding hydrogens is 527 g/mol. The van der Waals surface area contributed by atoms with Crippen molar-refractivity contribution in [2.75, 3.05) is 10.6 Å². The molecule has 10 nitrogen and oxygen atoms in total. The Bertz CT molecular complexity index is 1600. The van der Waals surface area contributed by atoms with Crippen LogP contribution < -0.4 is 10.6 Å². The summed E-state index contributed by atoms with van der Waals surface area (Å²) in [6.07, 6.45) is 4.05. The summed E-state index contributed by atoms with van der Waals surface area (Å²) in [5, 5.41) is 0.0633. The number of hydrogen-bond donors (Lipinski definition) is 2. The average molecular weight is 545 g/mol. The molecule has 3 N–H and O–H groups in total. The van der Waals surface area contributed by atoms with Gasteiger partial charge in [-0.1, -0.05) is 47.5 Å². The van der Waals surface area contributed by atoms with E-state index in [2.05, 4.69) is 15.0 Å². The highest BCUT2D eigenvalue weighted by Gasteiger charge is 2.51. The third-order valence-corrected chi connectivity index (χ3v) is 7.25. The molecule has 0 saturated heterocycles.